The summed E-state index contributed by atoms with van der Waals surface area (Å²) in [5.74, 6) is 0.810. The summed E-state index contributed by atoms with van der Waals surface area (Å²) in [6, 6.07) is 3.63. The van der Waals surface area contributed by atoms with Crippen LogP contribution in [0.15, 0.2) is 23.2 Å². The van der Waals surface area contributed by atoms with E-state index in [1.165, 1.54) is 24.6 Å². The summed E-state index contributed by atoms with van der Waals surface area (Å²) in [7, 11) is -0.382. The first-order valence-electron chi connectivity index (χ1n) is 6.30. The predicted molar refractivity (Wildman–Crippen MR) is 74.5 cm³/mol. The van der Waals surface area contributed by atoms with E-state index in [-0.39, 0.29) is 10.9 Å². The zero-order valence-corrected chi connectivity index (χ0v) is 12.1. The highest BCUT2D eigenvalue weighted by Gasteiger charge is 2.20. The lowest BCUT2D eigenvalue weighted by Gasteiger charge is -2.31. The topological polar surface area (TPSA) is 79.5 Å². The molecule has 1 aromatic heterocycles. The van der Waals surface area contributed by atoms with Crippen molar-refractivity contribution in [3.63, 3.8) is 0 Å². The number of aromatic nitrogens is 1. The van der Waals surface area contributed by atoms with Gasteiger partial charge in [0.2, 0.25) is 10.0 Å². The Morgan fingerprint density at radius 1 is 1.32 bits per heavy atom. The van der Waals surface area contributed by atoms with E-state index in [4.69, 9.17) is 5.73 Å². The Morgan fingerprint density at radius 2 is 1.95 bits per heavy atom. The normalized spacial score (nSPS) is 18.0. The Labute approximate surface area is 114 Å². The minimum atomic E-state index is -3.40. The summed E-state index contributed by atoms with van der Waals surface area (Å²) in [5.41, 5.74) is 5.86. The van der Waals surface area contributed by atoms with Crippen LogP contribution in [0.1, 0.15) is 12.8 Å². The highest BCUT2D eigenvalue weighted by Crippen LogP contribution is 2.19. The van der Waals surface area contributed by atoms with Crippen LogP contribution in [-0.2, 0) is 10.0 Å². The van der Waals surface area contributed by atoms with Crippen LogP contribution in [0.25, 0.3) is 0 Å². The fraction of sp³-hybridized carbons (Fsp3) is 0.583. The first-order chi connectivity index (χ1) is 8.91. The van der Waals surface area contributed by atoms with Gasteiger partial charge in [0.05, 0.1) is 0 Å². The van der Waals surface area contributed by atoms with Crippen LogP contribution in [0.3, 0.4) is 0 Å². The van der Waals surface area contributed by atoms with Gasteiger partial charge in [0.25, 0.3) is 0 Å². The summed E-state index contributed by atoms with van der Waals surface area (Å²) in [6.07, 6.45) is 3.30. The predicted octanol–water partition coefficient (Wildman–Crippen LogP) is 0.259. The van der Waals surface area contributed by atoms with Crippen molar-refractivity contribution in [1.29, 1.82) is 0 Å². The smallest absolute Gasteiger partial charge is 0.244 e. The Bertz CT molecular complexity index is 519. The average molecular weight is 284 g/mol. The molecule has 6 nitrogen and oxygen atoms in total. The van der Waals surface area contributed by atoms with E-state index in [1.807, 2.05) is 0 Å². The summed E-state index contributed by atoms with van der Waals surface area (Å²) >= 11 is 0. The van der Waals surface area contributed by atoms with Gasteiger partial charge in [-0.1, -0.05) is 0 Å². The van der Waals surface area contributed by atoms with E-state index in [9.17, 15) is 8.42 Å². The number of hydrogen-bond donors (Lipinski definition) is 1. The van der Waals surface area contributed by atoms with Crippen LogP contribution < -0.4 is 10.6 Å². The summed E-state index contributed by atoms with van der Waals surface area (Å²) in [5, 5.41) is 0. The van der Waals surface area contributed by atoms with Crippen LogP contribution in [0.2, 0.25) is 0 Å². The minimum Gasteiger partial charge on any atom is -0.357 e. The third kappa shape index (κ3) is 3.05. The van der Waals surface area contributed by atoms with Crippen LogP contribution in [-0.4, -0.2) is 50.9 Å². The van der Waals surface area contributed by atoms with Gasteiger partial charge >= 0.3 is 0 Å². The molecule has 1 fully saturated rings. The van der Waals surface area contributed by atoms with Crippen molar-refractivity contribution in [3.8, 4) is 0 Å². The van der Waals surface area contributed by atoms with Gasteiger partial charge in [0, 0.05) is 39.4 Å². The lowest BCUT2D eigenvalue weighted by atomic mass is 10.1. The molecule has 106 valence electrons. The van der Waals surface area contributed by atoms with E-state index >= 15 is 0 Å². The second kappa shape index (κ2) is 5.44. The number of pyridine rings is 1. The number of sulfonamides is 1. The standard InChI is InChI=1S/C12H20N4O2S/c1-15(2)19(17,18)11-3-4-12(14-9-11)16-7-5-10(13)6-8-16/h3-4,9-10H,5-8,13H2,1-2H3. The van der Waals surface area contributed by atoms with E-state index in [1.54, 1.807) is 12.1 Å². The molecule has 2 N–H and O–H groups in total. The van der Waals surface area contributed by atoms with Crippen molar-refractivity contribution in [2.75, 3.05) is 32.1 Å². The van der Waals surface area contributed by atoms with E-state index in [0.29, 0.717) is 0 Å². The molecule has 19 heavy (non-hydrogen) atoms. The van der Waals surface area contributed by atoms with Gasteiger partial charge < -0.3 is 10.6 Å². The molecule has 0 radical (unpaired) electrons. The zero-order valence-electron chi connectivity index (χ0n) is 11.3. The monoisotopic (exact) mass is 284 g/mol. The maximum Gasteiger partial charge on any atom is 0.244 e. The van der Waals surface area contributed by atoms with Crippen molar-refractivity contribution in [3.05, 3.63) is 18.3 Å². The largest absolute Gasteiger partial charge is 0.357 e. The van der Waals surface area contributed by atoms with Crippen molar-refractivity contribution in [1.82, 2.24) is 9.29 Å². The third-order valence-electron chi connectivity index (χ3n) is 3.36. The molecule has 0 bridgehead atoms. The molecule has 0 atom stereocenters. The number of nitrogens with zero attached hydrogens (tertiary/aromatic N) is 3. The van der Waals surface area contributed by atoms with E-state index in [0.717, 1.165) is 31.7 Å². The molecule has 1 saturated heterocycles. The lowest BCUT2D eigenvalue weighted by molar-refractivity contribution is 0.498. The van der Waals surface area contributed by atoms with Crippen molar-refractivity contribution < 1.29 is 8.42 Å². The molecule has 0 saturated carbocycles. The first kappa shape index (κ1) is 14.2. The zero-order chi connectivity index (χ0) is 14.0. The second-order valence-electron chi connectivity index (χ2n) is 4.96. The fourth-order valence-electron chi connectivity index (χ4n) is 2.05. The Morgan fingerprint density at radius 3 is 2.42 bits per heavy atom. The van der Waals surface area contributed by atoms with Crippen molar-refractivity contribution in [2.24, 2.45) is 5.73 Å². The van der Waals surface area contributed by atoms with Gasteiger partial charge in [0.15, 0.2) is 0 Å². The van der Waals surface area contributed by atoms with Crippen LogP contribution in [0.5, 0.6) is 0 Å². The molecule has 1 aromatic rings. The number of anilines is 1. The Kier molecular flexibility index (Phi) is 4.07. The number of hydrogen-bond acceptors (Lipinski definition) is 5. The lowest BCUT2D eigenvalue weighted by Crippen LogP contribution is -2.40. The highest BCUT2D eigenvalue weighted by atomic mass is 32.2. The summed E-state index contributed by atoms with van der Waals surface area (Å²) < 4.78 is 25.0. The first-order valence-corrected chi connectivity index (χ1v) is 7.74. The number of rotatable bonds is 3. The average Bonchev–Trinajstić information content (AvgIpc) is 2.39. The van der Waals surface area contributed by atoms with Crippen molar-refractivity contribution >= 4 is 15.8 Å². The van der Waals surface area contributed by atoms with Gasteiger partial charge in [0.1, 0.15) is 10.7 Å². The van der Waals surface area contributed by atoms with E-state index < -0.39 is 10.0 Å². The van der Waals surface area contributed by atoms with Crippen LogP contribution in [0.4, 0.5) is 5.82 Å². The van der Waals surface area contributed by atoms with Gasteiger partial charge in [-0.2, -0.15) is 0 Å². The quantitative estimate of drug-likeness (QED) is 0.861. The Balaban J connectivity index is 2.15. The maximum atomic E-state index is 11.9. The molecule has 0 aromatic carbocycles. The molecule has 1 aliphatic heterocycles. The van der Waals surface area contributed by atoms with E-state index in [2.05, 4.69) is 9.88 Å². The third-order valence-corrected chi connectivity index (χ3v) is 5.16. The second-order valence-corrected chi connectivity index (χ2v) is 7.12. The summed E-state index contributed by atoms with van der Waals surface area (Å²) in [4.78, 5) is 6.61. The van der Waals surface area contributed by atoms with Gasteiger partial charge in [-0.05, 0) is 25.0 Å². The number of nitrogens with two attached hydrogens (primary N) is 1. The van der Waals surface area contributed by atoms with Gasteiger partial charge in [-0.3, -0.25) is 0 Å². The molecule has 7 heteroatoms. The number of piperidine rings is 1. The molecular formula is C12H20N4O2S. The van der Waals surface area contributed by atoms with Gasteiger partial charge in [-0.25, -0.2) is 17.7 Å². The molecule has 2 rings (SSSR count). The SMILES string of the molecule is CN(C)S(=O)(=O)c1ccc(N2CCC(N)CC2)nc1. The molecule has 1 aliphatic rings. The molecule has 0 spiro atoms. The van der Waals surface area contributed by atoms with Crippen LogP contribution in [0, 0.1) is 0 Å². The molecule has 0 amide bonds. The molecule has 0 aliphatic carbocycles. The van der Waals surface area contributed by atoms with Crippen LogP contribution >= 0.6 is 0 Å². The molecule has 0 unspecified atom stereocenters. The van der Waals surface area contributed by atoms with Crippen molar-refractivity contribution in [2.45, 2.75) is 23.8 Å². The molecule has 2 heterocycles. The molecular weight excluding hydrogens is 264 g/mol. The minimum absolute atomic E-state index is 0.218. The highest BCUT2D eigenvalue weighted by molar-refractivity contribution is 7.89. The Hall–Kier alpha value is -1.18. The van der Waals surface area contributed by atoms with Gasteiger partial charge in [-0.15, -0.1) is 0 Å². The fourth-order valence-corrected chi connectivity index (χ4v) is 2.90. The maximum absolute atomic E-state index is 11.9. The summed E-state index contributed by atoms with van der Waals surface area (Å²) in [6.45, 7) is 1.74.